The fraction of sp³-hybridized carbons (Fsp3) is 0.125. The molecule has 0 spiro atoms. The van der Waals surface area contributed by atoms with Gasteiger partial charge in [0.25, 0.3) is 0 Å². The normalized spacial score (nSPS) is 9.85. The van der Waals surface area contributed by atoms with Crippen LogP contribution in [0.25, 0.3) is 0 Å². The minimum atomic E-state index is 0.538. The van der Waals surface area contributed by atoms with Gasteiger partial charge in [-0.1, -0.05) is 23.7 Å². The average Bonchev–Trinajstić information content (AvgIpc) is 2.47. The number of anilines is 1. The standard InChI is InChI=1S/C16H13ClN2O/c1-19(10-13-4-2-3-12(7-13)9-18)16-6-5-15(17)8-14(16)11-20/h2-8,11H,10H2,1H3. The number of halogens is 1. The number of aldehydes is 1. The van der Waals surface area contributed by atoms with Crippen molar-refractivity contribution < 1.29 is 4.79 Å². The fourth-order valence-corrected chi connectivity index (χ4v) is 2.25. The fourth-order valence-electron chi connectivity index (χ4n) is 2.07. The van der Waals surface area contributed by atoms with E-state index in [-0.39, 0.29) is 0 Å². The molecule has 3 nitrogen and oxygen atoms in total. The van der Waals surface area contributed by atoms with Crippen LogP contribution < -0.4 is 4.90 Å². The van der Waals surface area contributed by atoms with E-state index >= 15 is 0 Å². The van der Waals surface area contributed by atoms with Crippen LogP contribution in [0.15, 0.2) is 42.5 Å². The molecule has 0 atom stereocenters. The Bertz CT molecular complexity index is 676. The summed E-state index contributed by atoms with van der Waals surface area (Å²) in [6, 6.07) is 14.7. The van der Waals surface area contributed by atoms with E-state index < -0.39 is 0 Å². The van der Waals surface area contributed by atoms with Gasteiger partial charge < -0.3 is 4.90 Å². The minimum absolute atomic E-state index is 0.538. The number of carbonyl (C=O) groups excluding carboxylic acids is 1. The Hall–Kier alpha value is -2.31. The number of rotatable bonds is 4. The molecule has 20 heavy (non-hydrogen) atoms. The lowest BCUT2D eigenvalue weighted by Crippen LogP contribution is -2.18. The van der Waals surface area contributed by atoms with E-state index in [1.807, 2.05) is 36.2 Å². The van der Waals surface area contributed by atoms with Gasteiger partial charge in [0.05, 0.1) is 11.6 Å². The van der Waals surface area contributed by atoms with Crippen molar-refractivity contribution in [2.24, 2.45) is 0 Å². The average molecular weight is 285 g/mol. The number of benzene rings is 2. The van der Waals surface area contributed by atoms with Crippen molar-refractivity contribution in [2.75, 3.05) is 11.9 Å². The molecule has 0 saturated heterocycles. The van der Waals surface area contributed by atoms with Gasteiger partial charge in [0.1, 0.15) is 0 Å². The van der Waals surface area contributed by atoms with Crippen LogP contribution in [0.4, 0.5) is 5.69 Å². The molecule has 0 aliphatic heterocycles. The Kier molecular flexibility index (Phi) is 4.39. The number of hydrogen-bond acceptors (Lipinski definition) is 3. The minimum Gasteiger partial charge on any atom is -0.370 e. The molecule has 0 aliphatic rings. The quantitative estimate of drug-likeness (QED) is 0.805. The van der Waals surface area contributed by atoms with Gasteiger partial charge in [0.2, 0.25) is 0 Å². The zero-order valence-corrected chi connectivity index (χ0v) is 11.8. The smallest absolute Gasteiger partial charge is 0.152 e. The van der Waals surface area contributed by atoms with E-state index in [2.05, 4.69) is 6.07 Å². The Morgan fingerprint density at radius 2 is 2.10 bits per heavy atom. The van der Waals surface area contributed by atoms with E-state index in [0.29, 0.717) is 22.7 Å². The topological polar surface area (TPSA) is 44.1 Å². The monoisotopic (exact) mass is 284 g/mol. The first-order valence-electron chi connectivity index (χ1n) is 6.09. The van der Waals surface area contributed by atoms with Crippen LogP contribution in [0.3, 0.4) is 0 Å². The van der Waals surface area contributed by atoms with Crippen molar-refractivity contribution in [1.29, 1.82) is 5.26 Å². The number of hydrogen-bond donors (Lipinski definition) is 0. The molecule has 0 radical (unpaired) electrons. The highest BCUT2D eigenvalue weighted by Crippen LogP contribution is 2.23. The third-order valence-electron chi connectivity index (χ3n) is 3.00. The predicted molar refractivity (Wildman–Crippen MR) is 80.1 cm³/mol. The predicted octanol–water partition coefficient (Wildman–Crippen LogP) is 3.66. The van der Waals surface area contributed by atoms with E-state index in [0.717, 1.165) is 17.5 Å². The maximum absolute atomic E-state index is 11.1. The molecule has 0 unspecified atom stereocenters. The highest BCUT2D eigenvalue weighted by atomic mass is 35.5. The van der Waals surface area contributed by atoms with Crippen LogP contribution in [-0.2, 0) is 6.54 Å². The summed E-state index contributed by atoms with van der Waals surface area (Å²) in [6.45, 7) is 0.609. The second-order valence-corrected chi connectivity index (χ2v) is 4.93. The largest absolute Gasteiger partial charge is 0.370 e. The summed E-state index contributed by atoms with van der Waals surface area (Å²) in [4.78, 5) is 13.1. The number of nitriles is 1. The van der Waals surface area contributed by atoms with Crippen LogP contribution >= 0.6 is 11.6 Å². The van der Waals surface area contributed by atoms with Gasteiger partial charge in [-0.25, -0.2) is 0 Å². The maximum Gasteiger partial charge on any atom is 0.152 e. The Morgan fingerprint density at radius 3 is 2.80 bits per heavy atom. The van der Waals surface area contributed by atoms with Gasteiger partial charge in [0, 0.05) is 29.9 Å². The summed E-state index contributed by atoms with van der Waals surface area (Å²) < 4.78 is 0. The molecule has 4 heteroatoms. The zero-order chi connectivity index (χ0) is 14.5. The first-order chi connectivity index (χ1) is 9.63. The molecule has 0 aliphatic carbocycles. The van der Waals surface area contributed by atoms with Gasteiger partial charge in [-0.3, -0.25) is 4.79 Å². The molecule has 2 rings (SSSR count). The molecule has 100 valence electrons. The van der Waals surface area contributed by atoms with Crippen LogP contribution in [0.1, 0.15) is 21.5 Å². The molecule has 0 N–H and O–H groups in total. The highest BCUT2D eigenvalue weighted by molar-refractivity contribution is 6.31. The number of nitrogens with zero attached hydrogens (tertiary/aromatic N) is 2. The van der Waals surface area contributed by atoms with Crippen molar-refractivity contribution in [1.82, 2.24) is 0 Å². The second-order valence-electron chi connectivity index (χ2n) is 4.49. The lowest BCUT2D eigenvalue weighted by molar-refractivity contribution is 0.112. The summed E-state index contributed by atoms with van der Waals surface area (Å²) in [6.07, 6.45) is 0.795. The molecule has 0 saturated carbocycles. The molecular formula is C16H13ClN2O. The highest BCUT2D eigenvalue weighted by Gasteiger charge is 2.08. The second kappa shape index (κ2) is 6.23. The van der Waals surface area contributed by atoms with Gasteiger partial charge in [-0.2, -0.15) is 5.26 Å². The van der Waals surface area contributed by atoms with Gasteiger partial charge in [-0.05, 0) is 35.9 Å². The molecule has 0 amide bonds. The van der Waals surface area contributed by atoms with Crippen molar-refractivity contribution in [3.8, 4) is 6.07 Å². The van der Waals surface area contributed by atoms with Gasteiger partial charge >= 0.3 is 0 Å². The van der Waals surface area contributed by atoms with Gasteiger partial charge in [-0.15, -0.1) is 0 Å². The third-order valence-corrected chi connectivity index (χ3v) is 3.24. The molecule has 2 aromatic rings. The van der Waals surface area contributed by atoms with Crippen LogP contribution in [0, 0.1) is 11.3 Å². The van der Waals surface area contributed by atoms with Crippen molar-refractivity contribution >= 4 is 23.6 Å². The third kappa shape index (κ3) is 3.17. The van der Waals surface area contributed by atoms with Crippen LogP contribution in [0.5, 0.6) is 0 Å². The molecule has 0 bridgehead atoms. The summed E-state index contributed by atoms with van der Waals surface area (Å²) in [5.74, 6) is 0. The summed E-state index contributed by atoms with van der Waals surface area (Å²) >= 11 is 5.89. The molecular weight excluding hydrogens is 272 g/mol. The lowest BCUT2D eigenvalue weighted by atomic mass is 10.1. The zero-order valence-electron chi connectivity index (χ0n) is 11.0. The molecule has 0 fully saturated rings. The molecule has 2 aromatic carbocycles. The van der Waals surface area contributed by atoms with E-state index in [4.69, 9.17) is 16.9 Å². The van der Waals surface area contributed by atoms with E-state index in [1.165, 1.54) is 0 Å². The first-order valence-corrected chi connectivity index (χ1v) is 6.46. The van der Waals surface area contributed by atoms with E-state index in [1.54, 1.807) is 18.2 Å². The van der Waals surface area contributed by atoms with E-state index in [9.17, 15) is 4.79 Å². The van der Waals surface area contributed by atoms with Gasteiger partial charge in [0.15, 0.2) is 6.29 Å². The Morgan fingerprint density at radius 1 is 1.30 bits per heavy atom. The lowest BCUT2D eigenvalue weighted by Gasteiger charge is -2.21. The van der Waals surface area contributed by atoms with Crippen LogP contribution in [-0.4, -0.2) is 13.3 Å². The summed E-state index contributed by atoms with van der Waals surface area (Å²) in [7, 11) is 1.90. The van der Waals surface area contributed by atoms with Crippen molar-refractivity contribution in [3.63, 3.8) is 0 Å². The first kappa shape index (κ1) is 14.1. The van der Waals surface area contributed by atoms with Crippen molar-refractivity contribution in [2.45, 2.75) is 6.54 Å². The van der Waals surface area contributed by atoms with Crippen molar-refractivity contribution in [3.05, 3.63) is 64.2 Å². The molecule has 0 heterocycles. The SMILES string of the molecule is CN(Cc1cccc(C#N)c1)c1ccc(Cl)cc1C=O. The number of carbonyl (C=O) groups is 1. The molecule has 0 aromatic heterocycles. The summed E-state index contributed by atoms with van der Waals surface area (Å²) in [5, 5.41) is 9.44. The summed E-state index contributed by atoms with van der Waals surface area (Å²) in [5.41, 5.74) is 3.00. The van der Waals surface area contributed by atoms with Crippen LogP contribution in [0.2, 0.25) is 5.02 Å². The maximum atomic E-state index is 11.1. The Labute approximate surface area is 123 Å². The Balaban J connectivity index is 2.26.